The molecule has 0 saturated heterocycles. The summed E-state index contributed by atoms with van der Waals surface area (Å²) < 4.78 is 14.5. The Bertz CT molecular complexity index is 1010. The number of benzene rings is 2. The van der Waals surface area contributed by atoms with E-state index in [9.17, 15) is 14.0 Å². The highest BCUT2D eigenvalue weighted by Crippen LogP contribution is 2.31. The number of nitrogen functional groups attached to an aromatic ring is 1. The Morgan fingerprint density at radius 2 is 1.88 bits per heavy atom. The third-order valence-electron chi connectivity index (χ3n) is 4.23. The van der Waals surface area contributed by atoms with E-state index in [4.69, 9.17) is 11.5 Å². The fourth-order valence-electron chi connectivity index (χ4n) is 2.77. The highest BCUT2D eigenvalue weighted by molar-refractivity contribution is 6.13. The van der Waals surface area contributed by atoms with Gasteiger partial charge in [-0.05, 0) is 24.4 Å². The number of pyridine rings is 1. The van der Waals surface area contributed by atoms with Crippen LogP contribution in [0, 0.1) is 5.82 Å². The van der Waals surface area contributed by atoms with E-state index in [0.29, 0.717) is 10.9 Å². The Kier molecular flexibility index (Phi) is 4.53. The predicted molar refractivity (Wildman–Crippen MR) is 98.1 cm³/mol. The van der Waals surface area contributed by atoms with Crippen molar-refractivity contribution in [1.29, 1.82) is 0 Å². The molecule has 26 heavy (non-hydrogen) atoms. The van der Waals surface area contributed by atoms with Crippen LogP contribution in [0.3, 0.4) is 0 Å². The third kappa shape index (κ3) is 3.06. The van der Waals surface area contributed by atoms with Crippen LogP contribution in [0.25, 0.3) is 10.8 Å². The van der Waals surface area contributed by atoms with E-state index >= 15 is 0 Å². The van der Waals surface area contributed by atoms with Crippen molar-refractivity contribution in [2.45, 2.75) is 12.8 Å². The first kappa shape index (κ1) is 17.3. The number of nitrogens with one attached hydrogen (secondary N) is 1. The lowest BCUT2D eigenvalue weighted by molar-refractivity contribution is -0.119. The van der Waals surface area contributed by atoms with Crippen molar-refractivity contribution in [3.8, 4) is 0 Å². The fraction of sp³-hybridized carbons (Fsp3) is 0.105. The van der Waals surface area contributed by atoms with Crippen molar-refractivity contribution in [2.24, 2.45) is 5.73 Å². The molecule has 0 bridgehead atoms. The van der Waals surface area contributed by atoms with E-state index in [1.807, 2.05) is 18.2 Å². The molecule has 0 aliphatic heterocycles. The van der Waals surface area contributed by atoms with Crippen molar-refractivity contribution in [3.63, 3.8) is 0 Å². The minimum Gasteiger partial charge on any atom is -0.396 e. The minimum atomic E-state index is -0.959. The molecule has 2 amide bonds. The summed E-state index contributed by atoms with van der Waals surface area (Å²) in [5, 5.41) is 4.15. The largest absolute Gasteiger partial charge is 0.396 e. The minimum absolute atomic E-state index is 0.0426. The first-order chi connectivity index (χ1) is 12.4. The lowest BCUT2D eigenvalue weighted by Gasteiger charge is -2.17. The highest BCUT2D eigenvalue weighted by atomic mass is 19.1. The molecule has 132 valence electrons. The zero-order valence-corrected chi connectivity index (χ0v) is 14.0. The number of aromatic nitrogens is 1. The van der Waals surface area contributed by atoms with E-state index in [0.717, 1.165) is 5.39 Å². The Morgan fingerprint density at radius 1 is 1.15 bits per heavy atom. The SMILES string of the molecule is C[C@H](C(N)=O)c1c(NC(=O)c2cncc3ccccc23)ccc(N)c1F. The first-order valence-electron chi connectivity index (χ1n) is 7.91. The summed E-state index contributed by atoms with van der Waals surface area (Å²) in [7, 11) is 0. The third-order valence-corrected chi connectivity index (χ3v) is 4.23. The standard InChI is InChI=1S/C19H17FN4O2/c1-10(18(22)25)16-15(7-6-14(21)17(16)20)24-19(26)13-9-23-8-11-4-2-3-5-12(11)13/h2-10H,21H2,1H3,(H2,22,25)(H,24,26)/t10-/m0/s1. The number of fused-ring (bicyclic) bond motifs is 1. The zero-order valence-electron chi connectivity index (χ0n) is 14.0. The molecule has 0 aliphatic carbocycles. The monoisotopic (exact) mass is 352 g/mol. The van der Waals surface area contributed by atoms with E-state index in [1.54, 1.807) is 12.3 Å². The molecule has 7 heteroatoms. The Hall–Kier alpha value is -3.48. The van der Waals surface area contributed by atoms with Gasteiger partial charge in [0, 0.05) is 29.0 Å². The summed E-state index contributed by atoms with van der Waals surface area (Å²) in [5.41, 5.74) is 11.2. The second kappa shape index (κ2) is 6.79. The summed E-state index contributed by atoms with van der Waals surface area (Å²) in [6.07, 6.45) is 3.08. The number of hydrogen-bond donors (Lipinski definition) is 3. The molecular weight excluding hydrogens is 335 g/mol. The number of rotatable bonds is 4. The number of amides is 2. The molecule has 2 aromatic carbocycles. The van der Waals surface area contributed by atoms with Crippen LogP contribution in [-0.2, 0) is 4.79 Å². The Labute approximate surface area is 149 Å². The maximum atomic E-state index is 14.5. The lowest BCUT2D eigenvalue weighted by atomic mass is 9.96. The molecule has 3 aromatic rings. The molecule has 0 aliphatic rings. The average Bonchev–Trinajstić information content (AvgIpc) is 2.64. The molecule has 1 aromatic heterocycles. The van der Waals surface area contributed by atoms with Crippen molar-refractivity contribution in [3.05, 3.63) is 65.7 Å². The molecular formula is C19H17FN4O2. The van der Waals surface area contributed by atoms with Gasteiger partial charge >= 0.3 is 0 Å². The molecule has 0 fully saturated rings. The van der Waals surface area contributed by atoms with Crippen LogP contribution in [0.2, 0.25) is 0 Å². The topological polar surface area (TPSA) is 111 Å². The second-order valence-corrected chi connectivity index (χ2v) is 5.92. The maximum Gasteiger partial charge on any atom is 0.257 e. The molecule has 1 atom stereocenters. The van der Waals surface area contributed by atoms with Gasteiger partial charge in [-0.2, -0.15) is 0 Å². The zero-order chi connectivity index (χ0) is 18.8. The van der Waals surface area contributed by atoms with Crippen molar-refractivity contribution in [1.82, 2.24) is 4.98 Å². The Balaban J connectivity index is 2.05. The van der Waals surface area contributed by atoms with Gasteiger partial charge in [-0.1, -0.05) is 24.3 Å². The number of carbonyl (C=O) groups excluding carboxylic acids is 2. The van der Waals surface area contributed by atoms with Crippen LogP contribution < -0.4 is 16.8 Å². The molecule has 0 radical (unpaired) electrons. The van der Waals surface area contributed by atoms with Crippen LogP contribution in [0.5, 0.6) is 0 Å². The molecule has 1 heterocycles. The number of anilines is 2. The summed E-state index contributed by atoms with van der Waals surface area (Å²) >= 11 is 0. The second-order valence-electron chi connectivity index (χ2n) is 5.92. The van der Waals surface area contributed by atoms with Gasteiger partial charge in [0.2, 0.25) is 5.91 Å². The molecule has 0 saturated carbocycles. The summed E-state index contributed by atoms with van der Waals surface area (Å²) in [6, 6.07) is 10.1. The number of halogens is 1. The van der Waals surface area contributed by atoms with Crippen LogP contribution in [0.1, 0.15) is 28.8 Å². The van der Waals surface area contributed by atoms with Gasteiger partial charge < -0.3 is 16.8 Å². The lowest BCUT2D eigenvalue weighted by Crippen LogP contribution is -2.23. The van der Waals surface area contributed by atoms with Crippen molar-refractivity contribution < 1.29 is 14.0 Å². The summed E-state index contributed by atoms with van der Waals surface area (Å²) in [4.78, 5) is 28.4. The molecule has 0 unspecified atom stereocenters. The first-order valence-corrected chi connectivity index (χ1v) is 7.91. The molecule has 5 N–H and O–H groups in total. The van der Waals surface area contributed by atoms with Gasteiger partial charge in [0.05, 0.1) is 17.2 Å². The summed E-state index contributed by atoms with van der Waals surface area (Å²) in [6.45, 7) is 1.45. The van der Waals surface area contributed by atoms with Crippen LogP contribution in [0.4, 0.5) is 15.8 Å². The smallest absolute Gasteiger partial charge is 0.257 e. The molecule has 0 spiro atoms. The normalized spacial score (nSPS) is 11.9. The number of nitrogens with two attached hydrogens (primary N) is 2. The van der Waals surface area contributed by atoms with Crippen molar-refractivity contribution >= 4 is 34.0 Å². The predicted octanol–water partition coefficient (Wildman–Crippen LogP) is 2.80. The Morgan fingerprint density at radius 3 is 2.62 bits per heavy atom. The number of nitrogens with zero attached hydrogens (tertiary/aromatic N) is 1. The van der Waals surface area contributed by atoms with Gasteiger partial charge in [-0.3, -0.25) is 14.6 Å². The van der Waals surface area contributed by atoms with Crippen molar-refractivity contribution in [2.75, 3.05) is 11.1 Å². The van der Waals surface area contributed by atoms with Crippen LogP contribution in [0.15, 0.2) is 48.8 Å². The van der Waals surface area contributed by atoms with E-state index in [2.05, 4.69) is 10.3 Å². The molecule has 3 rings (SSSR count). The van der Waals surface area contributed by atoms with Crippen LogP contribution >= 0.6 is 0 Å². The fourth-order valence-corrected chi connectivity index (χ4v) is 2.77. The number of carbonyl (C=O) groups is 2. The summed E-state index contributed by atoms with van der Waals surface area (Å²) in [5.74, 6) is -2.93. The van der Waals surface area contributed by atoms with Gasteiger partial charge in [-0.15, -0.1) is 0 Å². The number of hydrogen-bond acceptors (Lipinski definition) is 4. The number of primary amides is 1. The van der Waals surface area contributed by atoms with Gasteiger partial charge in [0.1, 0.15) is 0 Å². The van der Waals surface area contributed by atoms with E-state index in [1.165, 1.54) is 25.3 Å². The van der Waals surface area contributed by atoms with Gasteiger partial charge in [0.25, 0.3) is 5.91 Å². The van der Waals surface area contributed by atoms with E-state index in [-0.39, 0.29) is 16.9 Å². The van der Waals surface area contributed by atoms with Crippen LogP contribution in [-0.4, -0.2) is 16.8 Å². The van der Waals surface area contributed by atoms with E-state index < -0.39 is 23.5 Å². The van der Waals surface area contributed by atoms with Gasteiger partial charge in [-0.25, -0.2) is 4.39 Å². The molecule has 6 nitrogen and oxygen atoms in total. The quantitative estimate of drug-likeness (QED) is 0.627. The average molecular weight is 352 g/mol. The maximum absolute atomic E-state index is 14.5. The van der Waals surface area contributed by atoms with Gasteiger partial charge in [0.15, 0.2) is 5.82 Å². The highest BCUT2D eigenvalue weighted by Gasteiger charge is 2.23.